The van der Waals surface area contributed by atoms with E-state index >= 15 is 0 Å². The van der Waals surface area contributed by atoms with E-state index < -0.39 is 0 Å². The molecule has 0 unspecified atom stereocenters. The highest BCUT2D eigenvalue weighted by molar-refractivity contribution is 9.10. The van der Waals surface area contributed by atoms with Crippen molar-refractivity contribution in [1.82, 2.24) is 0 Å². The van der Waals surface area contributed by atoms with Crippen molar-refractivity contribution in [1.29, 1.82) is 0 Å². The van der Waals surface area contributed by atoms with Crippen LogP contribution in [-0.4, -0.2) is 12.4 Å². The van der Waals surface area contributed by atoms with Gasteiger partial charge in [-0.15, -0.1) is 0 Å². The normalized spacial score (nSPS) is 18.6. The van der Waals surface area contributed by atoms with Crippen LogP contribution in [-0.2, 0) is 0 Å². The number of halogens is 2. The van der Waals surface area contributed by atoms with Crippen molar-refractivity contribution in [3.05, 3.63) is 28.5 Å². The van der Waals surface area contributed by atoms with Crippen molar-refractivity contribution in [3.8, 4) is 5.75 Å². The Morgan fingerprint density at radius 1 is 1.22 bits per heavy atom. The fourth-order valence-electron chi connectivity index (χ4n) is 2.50. The van der Waals surface area contributed by atoms with E-state index in [0.29, 0.717) is 16.8 Å². The zero-order chi connectivity index (χ0) is 13.0. The van der Waals surface area contributed by atoms with Gasteiger partial charge in [0, 0.05) is 16.0 Å². The van der Waals surface area contributed by atoms with Gasteiger partial charge in [0.2, 0.25) is 0 Å². The highest BCUT2D eigenvalue weighted by Gasteiger charge is 2.31. The van der Waals surface area contributed by atoms with E-state index in [1.54, 1.807) is 6.07 Å². The minimum atomic E-state index is -0.275. The SMILES string of the molecule is Fc1cc(Br)cc(OCC2(CS)CCCCC2)c1. The molecule has 1 saturated carbocycles. The Labute approximate surface area is 122 Å². The summed E-state index contributed by atoms with van der Waals surface area (Å²) in [6.45, 7) is 0.631. The van der Waals surface area contributed by atoms with Gasteiger partial charge in [-0.05, 0) is 30.7 Å². The van der Waals surface area contributed by atoms with Crippen molar-refractivity contribution in [2.75, 3.05) is 12.4 Å². The molecule has 0 amide bonds. The number of ether oxygens (including phenoxy) is 1. The van der Waals surface area contributed by atoms with Gasteiger partial charge in [-0.2, -0.15) is 12.6 Å². The molecule has 100 valence electrons. The molecule has 1 aromatic carbocycles. The van der Waals surface area contributed by atoms with E-state index in [1.807, 2.05) is 0 Å². The van der Waals surface area contributed by atoms with Crippen LogP contribution >= 0.6 is 28.6 Å². The molecule has 0 spiro atoms. The van der Waals surface area contributed by atoms with Crippen molar-refractivity contribution < 1.29 is 9.13 Å². The van der Waals surface area contributed by atoms with Gasteiger partial charge in [0.05, 0.1) is 6.61 Å². The first-order valence-corrected chi connectivity index (χ1v) is 7.76. The van der Waals surface area contributed by atoms with Crippen LogP contribution in [0.5, 0.6) is 5.75 Å². The molecular weight excluding hydrogens is 315 g/mol. The summed E-state index contributed by atoms with van der Waals surface area (Å²) < 4.78 is 19.7. The number of hydrogen-bond acceptors (Lipinski definition) is 2. The Bertz CT molecular complexity index is 385. The lowest BCUT2D eigenvalue weighted by molar-refractivity contribution is 0.121. The average molecular weight is 333 g/mol. The van der Waals surface area contributed by atoms with E-state index in [0.717, 1.165) is 18.6 Å². The molecule has 0 aromatic heterocycles. The zero-order valence-corrected chi connectivity index (χ0v) is 12.8. The fraction of sp³-hybridized carbons (Fsp3) is 0.571. The van der Waals surface area contributed by atoms with Gasteiger partial charge in [-0.1, -0.05) is 35.2 Å². The molecule has 1 aliphatic rings. The van der Waals surface area contributed by atoms with Gasteiger partial charge in [0.1, 0.15) is 11.6 Å². The van der Waals surface area contributed by atoms with Crippen molar-refractivity contribution in [3.63, 3.8) is 0 Å². The first kappa shape index (κ1) is 14.2. The maximum absolute atomic E-state index is 13.2. The standard InChI is InChI=1S/C14H18BrFOS/c15-11-6-12(16)8-13(7-11)17-9-14(10-18)4-2-1-3-5-14/h6-8,18H,1-5,9-10H2. The minimum absolute atomic E-state index is 0.167. The van der Waals surface area contributed by atoms with Crippen LogP contribution in [0.15, 0.2) is 22.7 Å². The summed E-state index contributed by atoms with van der Waals surface area (Å²) in [5.74, 6) is 1.15. The predicted molar refractivity (Wildman–Crippen MR) is 79.0 cm³/mol. The second kappa shape index (κ2) is 6.29. The molecule has 1 nitrogen and oxygen atoms in total. The molecule has 1 fully saturated rings. The monoisotopic (exact) mass is 332 g/mol. The van der Waals surface area contributed by atoms with Gasteiger partial charge < -0.3 is 4.74 Å². The molecule has 0 bridgehead atoms. The predicted octanol–water partition coefficient (Wildman–Crippen LogP) is 4.85. The third-order valence-electron chi connectivity index (χ3n) is 3.63. The number of hydrogen-bond donors (Lipinski definition) is 1. The molecule has 4 heteroatoms. The largest absolute Gasteiger partial charge is 0.493 e. The summed E-state index contributed by atoms with van der Waals surface area (Å²) in [5.41, 5.74) is 0.167. The Balaban J connectivity index is 2.00. The first-order chi connectivity index (χ1) is 8.63. The topological polar surface area (TPSA) is 9.23 Å². The second-order valence-electron chi connectivity index (χ2n) is 5.11. The fourth-order valence-corrected chi connectivity index (χ4v) is 3.35. The van der Waals surface area contributed by atoms with Gasteiger partial charge in [0.25, 0.3) is 0 Å². The van der Waals surface area contributed by atoms with Crippen LogP contribution in [0.4, 0.5) is 4.39 Å². The van der Waals surface area contributed by atoms with Gasteiger partial charge >= 0.3 is 0 Å². The van der Waals surface area contributed by atoms with Crippen molar-refractivity contribution in [2.45, 2.75) is 32.1 Å². The maximum atomic E-state index is 13.2. The average Bonchev–Trinajstić information content (AvgIpc) is 2.36. The van der Waals surface area contributed by atoms with Gasteiger partial charge in [0.15, 0.2) is 0 Å². The second-order valence-corrected chi connectivity index (χ2v) is 6.34. The lowest BCUT2D eigenvalue weighted by Gasteiger charge is -2.35. The van der Waals surface area contributed by atoms with E-state index in [4.69, 9.17) is 4.74 Å². The summed E-state index contributed by atoms with van der Waals surface area (Å²) in [7, 11) is 0. The van der Waals surface area contributed by atoms with E-state index in [2.05, 4.69) is 28.6 Å². The smallest absolute Gasteiger partial charge is 0.128 e. The third-order valence-corrected chi connectivity index (χ3v) is 4.76. The Morgan fingerprint density at radius 2 is 1.94 bits per heavy atom. The third kappa shape index (κ3) is 3.64. The number of benzene rings is 1. The molecule has 0 aliphatic heterocycles. The summed E-state index contributed by atoms with van der Waals surface area (Å²) in [6, 6.07) is 4.67. The van der Waals surface area contributed by atoms with E-state index in [-0.39, 0.29) is 11.2 Å². The molecule has 18 heavy (non-hydrogen) atoms. The first-order valence-electron chi connectivity index (χ1n) is 6.33. The molecule has 0 saturated heterocycles. The maximum Gasteiger partial charge on any atom is 0.128 e. The summed E-state index contributed by atoms with van der Waals surface area (Å²) in [4.78, 5) is 0. The lowest BCUT2D eigenvalue weighted by atomic mass is 9.76. The highest BCUT2D eigenvalue weighted by atomic mass is 79.9. The van der Waals surface area contributed by atoms with Crippen LogP contribution in [0.3, 0.4) is 0 Å². The molecule has 0 atom stereocenters. The molecular formula is C14H18BrFOS. The van der Waals surface area contributed by atoms with Crippen molar-refractivity contribution in [2.24, 2.45) is 5.41 Å². The quantitative estimate of drug-likeness (QED) is 0.775. The minimum Gasteiger partial charge on any atom is -0.493 e. The van der Waals surface area contributed by atoms with Crippen molar-refractivity contribution >= 4 is 28.6 Å². The molecule has 1 aliphatic carbocycles. The van der Waals surface area contributed by atoms with Crippen LogP contribution < -0.4 is 4.74 Å². The van der Waals surface area contributed by atoms with E-state index in [9.17, 15) is 4.39 Å². The Morgan fingerprint density at radius 3 is 2.56 bits per heavy atom. The van der Waals surface area contributed by atoms with Crippen LogP contribution in [0, 0.1) is 11.2 Å². The lowest BCUT2D eigenvalue weighted by Crippen LogP contribution is -2.33. The number of thiol groups is 1. The number of rotatable bonds is 4. The molecule has 0 radical (unpaired) electrons. The van der Waals surface area contributed by atoms with Crippen LogP contribution in [0.2, 0.25) is 0 Å². The molecule has 0 N–H and O–H groups in total. The highest BCUT2D eigenvalue weighted by Crippen LogP contribution is 2.38. The Hall–Kier alpha value is -0.220. The van der Waals surface area contributed by atoms with Crippen LogP contribution in [0.25, 0.3) is 0 Å². The zero-order valence-electron chi connectivity index (χ0n) is 10.3. The van der Waals surface area contributed by atoms with Gasteiger partial charge in [-0.25, -0.2) is 4.39 Å². The van der Waals surface area contributed by atoms with E-state index in [1.165, 1.54) is 31.4 Å². The van der Waals surface area contributed by atoms with Gasteiger partial charge in [-0.3, -0.25) is 0 Å². The summed E-state index contributed by atoms with van der Waals surface area (Å²) in [5, 5.41) is 0. The molecule has 0 heterocycles. The molecule has 2 rings (SSSR count). The summed E-state index contributed by atoms with van der Waals surface area (Å²) >= 11 is 7.75. The summed E-state index contributed by atoms with van der Waals surface area (Å²) in [6.07, 6.45) is 6.12. The van der Waals surface area contributed by atoms with Crippen LogP contribution in [0.1, 0.15) is 32.1 Å². The Kier molecular flexibility index (Phi) is 4.96. The molecule has 1 aromatic rings.